The third kappa shape index (κ3) is 4.00. The Balaban J connectivity index is 1.24. The van der Waals surface area contributed by atoms with Crippen molar-refractivity contribution in [2.45, 2.75) is 142 Å². The first kappa shape index (κ1) is 28.8. The lowest BCUT2D eigenvalue weighted by Crippen LogP contribution is -2.64. The molecule has 4 saturated carbocycles. The maximum Gasteiger partial charge on any atom is 0.192 e. The number of hydrogen-bond acceptors (Lipinski definition) is 5. The first-order valence-electron chi connectivity index (χ1n) is 16.3. The van der Waals surface area contributed by atoms with Crippen molar-refractivity contribution in [3.63, 3.8) is 0 Å². The number of hydrogen-bond donors (Lipinski definition) is 1. The molecule has 1 N–H and O–H groups in total. The zero-order chi connectivity index (χ0) is 28.3. The van der Waals surface area contributed by atoms with E-state index in [-0.39, 0.29) is 40.1 Å². The minimum absolute atomic E-state index is 0.0342. The van der Waals surface area contributed by atoms with E-state index in [0.717, 1.165) is 51.6 Å². The molecule has 0 aromatic rings. The number of fused-ring (bicyclic) bond motifs is 7. The second-order valence-corrected chi connectivity index (χ2v) is 21.7. The average molecular weight is 561 g/mol. The molecular weight excluding hydrogens is 504 g/mol. The van der Waals surface area contributed by atoms with Gasteiger partial charge in [0.1, 0.15) is 6.10 Å². The van der Waals surface area contributed by atoms with E-state index in [1.165, 1.54) is 6.42 Å². The molecule has 6 rings (SSSR count). The fraction of sp³-hybridized carbons (Fsp3) is 0.970. The number of ketones is 1. The van der Waals surface area contributed by atoms with Crippen molar-refractivity contribution in [3.05, 3.63) is 0 Å². The molecule has 13 atom stereocenters. The molecular formula is C33H56O5Si. The summed E-state index contributed by atoms with van der Waals surface area (Å²) in [5.74, 6) is 1.71. The van der Waals surface area contributed by atoms with Gasteiger partial charge in [-0.3, -0.25) is 4.79 Å². The van der Waals surface area contributed by atoms with E-state index >= 15 is 0 Å². The number of aliphatic hydroxyl groups is 1. The zero-order valence-corrected chi connectivity index (χ0v) is 27.2. The quantitative estimate of drug-likeness (QED) is 0.369. The Morgan fingerprint density at radius 1 is 1.03 bits per heavy atom. The Morgan fingerprint density at radius 2 is 1.74 bits per heavy atom. The number of carbonyl (C=O) groups excluding carboxylic acids is 1. The summed E-state index contributed by atoms with van der Waals surface area (Å²) in [4.78, 5) is 14.4. The number of aliphatic hydroxyl groups excluding tert-OH is 1. The average Bonchev–Trinajstić information content (AvgIpc) is 3.29. The van der Waals surface area contributed by atoms with Crippen LogP contribution in [0, 0.1) is 52.3 Å². The van der Waals surface area contributed by atoms with E-state index in [4.69, 9.17) is 13.9 Å². The smallest absolute Gasteiger partial charge is 0.192 e. The molecule has 2 heterocycles. The van der Waals surface area contributed by atoms with Crippen LogP contribution >= 0.6 is 0 Å². The minimum atomic E-state index is -1.83. The van der Waals surface area contributed by atoms with Crippen LogP contribution in [-0.4, -0.2) is 49.9 Å². The second kappa shape index (κ2) is 9.11. The van der Waals surface area contributed by atoms with Crippen molar-refractivity contribution < 1.29 is 23.8 Å². The van der Waals surface area contributed by atoms with Gasteiger partial charge in [-0.1, -0.05) is 48.5 Å². The third-order valence-electron chi connectivity index (χ3n) is 14.0. The number of ether oxygens (including phenoxy) is 2. The van der Waals surface area contributed by atoms with E-state index < -0.39 is 25.6 Å². The number of Topliss-reactive ketones (excluding diaryl/α,β-unsaturated/α-hetero) is 1. The highest BCUT2D eigenvalue weighted by Crippen LogP contribution is 2.70. The molecule has 0 aromatic carbocycles. The van der Waals surface area contributed by atoms with Gasteiger partial charge in [0.25, 0.3) is 0 Å². The van der Waals surface area contributed by atoms with Gasteiger partial charge in [-0.2, -0.15) is 0 Å². The highest BCUT2D eigenvalue weighted by Gasteiger charge is 2.73. The number of carbonyl (C=O) groups is 1. The van der Waals surface area contributed by atoms with Crippen LogP contribution < -0.4 is 0 Å². The van der Waals surface area contributed by atoms with Crippen LogP contribution in [-0.2, 0) is 18.7 Å². The third-order valence-corrected chi connectivity index (χ3v) is 18.5. The molecule has 0 unspecified atom stereocenters. The van der Waals surface area contributed by atoms with Gasteiger partial charge in [0.05, 0.1) is 12.7 Å². The summed E-state index contributed by atoms with van der Waals surface area (Å²) < 4.78 is 20.2. The molecule has 0 aromatic heterocycles. The highest BCUT2D eigenvalue weighted by molar-refractivity contribution is 6.74. The van der Waals surface area contributed by atoms with Crippen LogP contribution in [0.5, 0.6) is 0 Å². The van der Waals surface area contributed by atoms with Crippen molar-refractivity contribution in [2.75, 3.05) is 6.61 Å². The molecule has 0 radical (unpaired) electrons. The molecule has 6 heteroatoms. The summed E-state index contributed by atoms with van der Waals surface area (Å²) in [5, 5.41) is 12.2. The van der Waals surface area contributed by atoms with Gasteiger partial charge in [-0.05, 0) is 92.2 Å². The summed E-state index contributed by atoms with van der Waals surface area (Å²) in [7, 11) is -1.83. The molecule has 2 saturated heterocycles. The molecule has 6 fully saturated rings. The Hall–Kier alpha value is -0.273. The van der Waals surface area contributed by atoms with Gasteiger partial charge >= 0.3 is 0 Å². The summed E-state index contributed by atoms with van der Waals surface area (Å²) in [6.07, 6.45) is 7.94. The van der Waals surface area contributed by atoms with E-state index in [1.54, 1.807) is 0 Å². The lowest BCUT2D eigenvalue weighted by molar-refractivity contribution is -0.273. The molecule has 0 amide bonds. The van der Waals surface area contributed by atoms with E-state index in [2.05, 4.69) is 61.6 Å². The first-order valence-corrected chi connectivity index (χ1v) is 19.2. The van der Waals surface area contributed by atoms with Gasteiger partial charge < -0.3 is 19.0 Å². The molecule has 222 valence electrons. The van der Waals surface area contributed by atoms with Gasteiger partial charge in [-0.15, -0.1) is 0 Å². The van der Waals surface area contributed by atoms with Gasteiger partial charge in [-0.25, -0.2) is 0 Å². The van der Waals surface area contributed by atoms with Crippen LogP contribution in [0.2, 0.25) is 18.1 Å². The Labute approximate surface area is 238 Å². The lowest BCUT2D eigenvalue weighted by Gasteiger charge is -2.61. The Bertz CT molecular complexity index is 981. The molecule has 6 aliphatic rings. The Morgan fingerprint density at radius 3 is 2.38 bits per heavy atom. The largest absolute Gasteiger partial charge is 0.414 e. The molecule has 5 nitrogen and oxygen atoms in total. The maximum atomic E-state index is 14.4. The van der Waals surface area contributed by atoms with Crippen LogP contribution in [0.3, 0.4) is 0 Å². The maximum absolute atomic E-state index is 14.4. The summed E-state index contributed by atoms with van der Waals surface area (Å²) >= 11 is 0. The minimum Gasteiger partial charge on any atom is -0.414 e. The summed E-state index contributed by atoms with van der Waals surface area (Å²) in [6, 6.07) is 0. The lowest BCUT2D eigenvalue weighted by atomic mass is 9.43. The van der Waals surface area contributed by atoms with Crippen molar-refractivity contribution in [1.29, 1.82) is 0 Å². The first-order chi connectivity index (χ1) is 18.0. The van der Waals surface area contributed by atoms with Crippen LogP contribution in [0.1, 0.15) is 99.8 Å². The summed E-state index contributed by atoms with van der Waals surface area (Å²) in [6.45, 7) is 21.6. The fourth-order valence-electron chi connectivity index (χ4n) is 10.7. The number of rotatable bonds is 2. The van der Waals surface area contributed by atoms with Crippen molar-refractivity contribution >= 4 is 14.1 Å². The second-order valence-electron chi connectivity index (χ2n) is 16.9. The van der Waals surface area contributed by atoms with Crippen molar-refractivity contribution in [3.8, 4) is 0 Å². The van der Waals surface area contributed by atoms with E-state index in [9.17, 15) is 9.90 Å². The zero-order valence-electron chi connectivity index (χ0n) is 26.2. The molecule has 4 aliphatic carbocycles. The molecule has 2 aliphatic heterocycles. The standard InChI is InChI=1S/C33H56O5Si/c1-19-12-15-33(36-18-19)20(2)26-25(37-33)17-24-23-11-10-21-16-22(38-39(8,9)30(3,4)5)13-14-31(21,6)27(23)28(34)29(35)32(24,26)7/h19-27,29,35H,10-18H2,1-9H3/t19-,20+,21+,22+,23+,24+,25+,26+,27-,29-,31+,32+,33-/m1/s1. The SMILES string of the molecule is C[C@@H]1CC[C@@]2(OC1)O[C@H]1C[C@H]3[C@@H]4CC[C@H]5C[C@@H](O[Si](C)(C)C(C)(C)C)CC[C@]5(C)[C@H]4C(=O)[C@@H](O)[C@]3(C)[C@H]1[C@@H]2C. The van der Waals surface area contributed by atoms with E-state index in [1.807, 2.05) is 0 Å². The van der Waals surface area contributed by atoms with Crippen LogP contribution in [0.15, 0.2) is 0 Å². The van der Waals surface area contributed by atoms with E-state index in [0.29, 0.717) is 29.8 Å². The van der Waals surface area contributed by atoms with Crippen LogP contribution in [0.25, 0.3) is 0 Å². The molecule has 39 heavy (non-hydrogen) atoms. The normalized spacial score (nSPS) is 53.7. The fourth-order valence-corrected chi connectivity index (χ4v) is 12.1. The highest BCUT2D eigenvalue weighted by atomic mass is 28.4. The van der Waals surface area contributed by atoms with Crippen molar-refractivity contribution in [2.24, 2.45) is 52.3 Å². The summed E-state index contributed by atoms with van der Waals surface area (Å²) in [5.41, 5.74) is -0.465. The van der Waals surface area contributed by atoms with Crippen molar-refractivity contribution in [1.82, 2.24) is 0 Å². The van der Waals surface area contributed by atoms with Gasteiger partial charge in [0, 0.05) is 35.7 Å². The Kier molecular flexibility index (Phi) is 6.74. The molecule has 1 spiro atoms. The predicted molar refractivity (Wildman–Crippen MR) is 156 cm³/mol. The van der Waals surface area contributed by atoms with Crippen LogP contribution in [0.4, 0.5) is 0 Å². The van der Waals surface area contributed by atoms with Gasteiger partial charge in [0.15, 0.2) is 19.9 Å². The molecule has 0 bridgehead atoms. The monoisotopic (exact) mass is 560 g/mol. The van der Waals surface area contributed by atoms with Gasteiger partial charge in [0.2, 0.25) is 0 Å². The topological polar surface area (TPSA) is 65.0 Å². The predicted octanol–water partition coefficient (Wildman–Crippen LogP) is 6.97.